The largest absolute Gasteiger partial charge is 0.381 e. The lowest BCUT2D eigenvalue weighted by Gasteiger charge is -2.35. The predicted octanol–water partition coefficient (Wildman–Crippen LogP) is 2.12. The van der Waals surface area contributed by atoms with Crippen LogP contribution >= 0.6 is 0 Å². The van der Waals surface area contributed by atoms with Gasteiger partial charge in [-0.15, -0.1) is 0 Å². The van der Waals surface area contributed by atoms with Crippen molar-refractivity contribution in [3.63, 3.8) is 0 Å². The van der Waals surface area contributed by atoms with Crippen LogP contribution in [0.25, 0.3) is 0 Å². The second-order valence-electron chi connectivity index (χ2n) is 7.13. The van der Waals surface area contributed by atoms with E-state index in [-0.39, 0.29) is 5.54 Å². The molecule has 0 spiro atoms. The monoisotopic (exact) mass is 254 g/mol. The number of hydrogen-bond acceptors (Lipinski definition) is 3. The maximum absolute atomic E-state index is 5.48. The molecule has 2 atom stereocenters. The van der Waals surface area contributed by atoms with Crippen molar-refractivity contribution in [2.75, 3.05) is 39.4 Å². The number of nitrogens with zero attached hydrogens (tertiary/aromatic N) is 1. The van der Waals surface area contributed by atoms with E-state index < -0.39 is 0 Å². The van der Waals surface area contributed by atoms with Gasteiger partial charge in [-0.2, -0.15) is 0 Å². The molecule has 2 unspecified atom stereocenters. The molecule has 1 N–H and O–H groups in total. The summed E-state index contributed by atoms with van der Waals surface area (Å²) in [7, 11) is 0. The first kappa shape index (κ1) is 14.3. The van der Waals surface area contributed by atoms with Gasteiger partial charge in [0.2, 0.25) is 0 Å². The molecule has 106 valence electrons. The van der Waals surface area contributed by atoms with Crippen LogP contribution in [0.3, 0.4) is 0 Å². The average molecular weight is 254 g/mol. The number of piperidine rings is 1. The first-order chi connectivity index (χ1) is 8.53. The summed E-state index contributed by atoms with van der Waals surface area (Å²) >= 11 is 0. The summed E-state index contributed by atoms with van der Waals surface area (Å²) < 4.78 is 5.48. The third-order valence-corrected chi connectivity index (χ3v) is 4.06. The van der Waals surface area contributed by atoms with Crippen LogP contribution in [-0.2, 0) is 4.74 Å². The average Bonchev–Trinajstić information content (AvgIpc) is 2.79. The lowest BCUT2D eigenvalue weighted by molar-refractivity contribution is 0.131. The Morgan fingerprint density at radius 1 is 1.22 bits per heavy atom. The highest BCUT2D eigenvalue weighted by Gasteiger charge is 2.25. The van der Waals surface area contributed by atoms with Crippen LogP contribution in [0.15, 0.2) is 0 Å². The van der Waals surface area contributed by atoms with E-state index in [9.17, 15) is 0 Å². The second-order valence-corrected chi connectivity index (χ2v) is 7.13. The fourth-order valence-electron chi connectivity index (χ4n) is 3.03. The zero-order valence-electron chi connectivity index (χ0n) is 12.4. The Balaban J connectivity index is 1.70. The van der Waals surface area contributed by atoms with Gasteiger partial charge < -0.3 is 15.0 Å². The standard InChI is InChI=1S/C15H30N2O/c1-15(2,3)16-9-13-5-4-7-17(10-13)11-14-6-8-18-12-14/h13-14,16H,4-12H2,1-3H3. The van der Waals surface area contributed by atoms with Crippen molar-refractivity contribution in [3.8, 4) is 0 Å². The Hall–Kier alpha value is -0.120. The minimum absolute atomic E-state index is 0.252. The van der Waals surface area contributed by atoms with Crippen LogP contribution in [0.5, 0.6) is 0 Å². The number of ether oxygens (including phenoxy) is 1. The van der Waals surface area contributed by atoms with Gasteiger partial charge >= 0.3 is 0 Å². The molecule has 3 nitrogen and oxygen atoms in total. The quantitative estimate of drug-likeness (QED) is 0.832. The molecule has 0 bridgehead atoms. The highest BCUT2D eigenvalue weighted by molar-refractivity contribution is 4.80. The Bertz CT molecular complexity index is 243. The van der Waals surface area contributed by atoms with Gasteiger partial charge in [0.1, 0.15) is 0 Å². The second kappa shape index (κ2) is 6.36. The number of nitrogens with one attached hydrogen (secondary N) is 1. The van der Waals surface area contributed by atoms with E-state index in [0.29, 0.717) is 0 Å². The number of likely N-dealkylation sites (tertiary alicyclic amines) is 1. The lowest BCUT2D eigenvalue weighted by Crippen LogP contribution is -2.45. The van der Waals surface area contributed by atoms with Crippen LogP contribution in [0, 0.1) is 11.8 Å². The van der Waals surface area contributed by atoms with E-state index in [2.05, 4.69) is 31.0 Å². The Labute approximate surface area is 112 Å². The maximum Gasteiger partial charge on any atom is 0.0507 e. The minimum Gasteiger partial charge on any atom is -0.381 e. The van der Waals surface area contributed by atoms with Gasteiger partial charge in [0.05, 0.1) is 6.61 Å². The van der Waals surface area contributed by atoms with Crippen molar-refractivity contribution in [3.05, 3.63) is 0 Å². The number of hydrogen-bond donors (Lipinski definition) is 1. The fourth-order valence-corrected chi connectivity index (χ4v) is 3.03. The normalized spacial score (nSPS) is 30.8. The molecule has 0 aliphatic carbocycles. The SMILES string of the molecule is CC(C)(C)NCC1CCCN(CC2CCOC2)C1. The van der Waals surface area contributed by atoms with E-state index in [1.54, 1.807) is 0 Å². The third kappa shape index (κ3) is 4.87. The van der Waals surface area contributed by atoms with Gasteiger partial charge in [0, 0.05) is 25.2 Å². The summed E-state index contributed by atoms with van der Waals surface area (Å²) in [5.41, 5.74) is 0.252. The highest BCUT2D eigenvalue weighted by atomic mass is 16.5. The molecular formula is C15H30N2O. The van der Waals surface area contributed by atoms with Gasteiger partial charge in [0.25, 0.3) is 0 Å². The molecule has 2 fully saturated rings. The third-order valence-electron chi connectivity index (χ3n) is 4.06. The summed E-state index contributed by atoms with van der Waals surface area (Å²) in [6, 6.07) is 0. The predicted molar refractivity (Wildman–Crippen MR) is 75.8 cm³/mol. The molecule has 0 amide bonds. The molecule has 0 radical (unpaired) electrons. The summed E-state index contributed by atoms with van der Waals surface area (Å²) in [5.74, 6) is 1.62. The molecule has 18 heavy (non-hydrogen) atoms. The van der Waals surface area contributed by atoms with Gasteiger partial charge in [-0.25, -0.2) is 0 Å². The van der Waals surface area contributed by atoms with Crippen molar-refractivity contribution in [2.45, 2.75) is 45.6 Å². The van der Waals surface area contributed by atoms with Crippen molar-refractivity contribution in [1.29, 1.82) is 0 Å². The fraction of sp³-hybridized carbons (Fsp3) is 1.00. The minimum atomic E-state index is 0.252. The van der Waals surface area contributed by atoms with Crippen molar-refractivity contribution >= 4 is 0 Å². The Kier molecular flexibility index (Phi) is 5.05. The van der Waals surface area contributed by atoms with Crippen LogP contribution in [0.4, 0.5) is 0 Å². The molecule has 0 aromatic rings. The molecule has 0 saturated carbocycles. The van der Waals surface area contributed by atoms with Crippen molar-refractivity contribution < 1.29 is 4.74 Å². The van der Waals surface area contributed by atoms with Crippen LogP contribution in [-0.4, -0.2) is 49.8 Å². The summed E-state index contributed by atoms with van der Waals surface area (Å²) in [5, 5.41) is 3.65. The molecular weight excluding hydrogens is 224 g/mol. The Morgan fingerprint density at radius 3 is 2.72 bits per heavy atom. The van der Waals surface area contributed by atoms with E-state index >= 15 is 0 Å². The van der Waals surface area contributed by atoms with Gasteiger partial charge in [-0.3, -0.25) is 0 Å². The highest BCUT2D eigenvalue weighted by Crippen LogP contribution is 2.20. The molecule has 2 heterocycles. The molecule has 2 aliphatic rings. The first-order valence-electron chi connectivity index (χ1n) is 7.58. The van der Waals surface area contributed by atoms with Crippen LogP contribution < -0.4 is 5.32 Å². The molecule has 2 saturated heterocycles. The van der Waals surface area contributed by atoms with Crippen molar-refractivity contribution in [2.24, 2.45) is 11.8 Å². The molecule has 0 aromatic heterocycles. The van der Waals surface area contributed by atoms with Gasteiger partial charge in [-0.05, 0) is 65.0 Å². The van der Waals surface area contributed by atoms with E-state index in [1.807, 2.05) is 0 Å². The maximum atomic E-state index is 5.48. The first-order valence-corrected chi connectivity index (χ1v) is 7.58. The van der Waals surface area contributed by atoms with E-state index in [1.165, 1.54) is 45.4 Å². The Morgan fingerprint density at radius 2 is 2.06 bits per heavy atom. The smallest absolute Gasteiger partial charge is 0.0507 e. The van der Waals surface area contributed by atoms with Crippen molar-refractivity contribution in [1.82, 2.24) is 10.2 Å². The summed E-state index contributed by atoms with van der Waals surface area (Å²) in [4.78, 5) is 2.66. The number of rotatable bonds is 4. The molecule has 2 aliphatic heterocycles. The van der Waals surface area contributed by atoms with Gasteiger partial charge in [-0.1, -0.05) is 0 Å². The topological polar surface area (TPSA) is 24.5 Å². The molecule has 0 aromatic carbocycles. The van der Waals surface area contributed by atoms with Gasteiger partial charge in [0.15, 0.2) is 0 Å². The zero-order chi connectivity index (χ0) is 13.0. The summed E-state index contributed by atoms with van der Waals surface area (Å²) in [6.07, 6.45) is 4.02. The zero-order valence-corrected chi connectivity index (χ0v) is 12.4. The van der Waals surface area contributed by atoms with Crippen LogP contribution in [0.2, 0.25) is 0 Å². The lowest BCUT2D eigenvalue weighted by atomic mass is 9.95. The van der Waals surface area contributed by atoms with E-state index in [4.69, 9.17) is 4.74 Å². The molecule has 3 heteroatoms. The molecule has 2 rings (SSSR count). The van der Waals surface area contributed by atoms with E-state index in [0.717, 1.165) is 25.0 Å². The summed E-state index contributed by atoms with van der Waals surface area (Å²) in [6.45, 7) is 13.7. The van der Waals surface area contributed by atoms with Crippen LogP contribution in [0.1, 0.15) is 40.0 Å².